The van der Waals surface area contributed by atoms with E-state index >= 15 is 0 Å². The molecule has 1 unspecified atom stereocenters. The Morgan fingerprint density at radius 2 is 2.00 bits per heavy atom. The summed E-state index contributed by atoms with van der Waals surface area (Å²) in [6.45, 7) is 2.81. The highest BCUT2D eigenvalue weighted by molar-refractivity contribution is 5.94. The molecule has 0 saturated carbocycles. The molecular formula is C19H18F3N5O. The molecule has 0 N–H and O–H groups in total. The van der Waals surface area contributed by atoms with Gasteiger partial charge in [0.05, 0.1) is 11.1 Å². The van der Waals surface area contributed by atoms with Gasteiger partial charge in [0, 0.05) is 37.1 Å². The molecule has 28 heavy (non-hydrogen) atoms. The molecule has 4 rings (SSSR count). The van der Waals surface area contributed by atoms with Crippen molar-refractivity contribution < 1.29 is 18.0 Å². The summed E-state index contributed by atoms with van der Waals surface area (Å²) < 4.78 is 40.6. The van der Waals surface area contributed by atoms with Crippen molar-refractivity contribution in [2.45, 2.75) is 31.9 Å². The largest absolute Gasteiger partial charge is 0.417 e. The molecule has 0 spiro atoms. The maximum absolute atomic E-state index is 13.1. The molecule has 0 bridgehead atoms. The monoisotopic (exact) mass is 389 g/mol. The van der Waals surface area contributed by atoms with E-state index in [1.165, 1.54) is 10.5 Å². The van der Waals surface area contributed by atoms with Gasteiger partial charge in [0.1, 0.15) is 5.82 Å². The number of aromatic nitrogens is 4. The number of carbonyl (C=O) groups is 1. The minimum absolute atomic E-state index is 0.137. The predicted molar refractivity (Wildman–Crippen MR) is 94.8 cm³/mol. The van der Waals surface area contributed by atoms with Gasteiger partial charge in [-0.25, -0.2) is 0 Å². The van der Waals surface area contributed by atoms with Crippen LogP contribution in [-0.4, -0.2) is 43.5 Å². The molecule has 3 aromatic heterocycles. The minimum Gasteiger partial charge on any atom is -0.338 e. The number of hydrogen-bond acceptors (Lipinski definition) is 4. The van der Waals surface area contributed by atoms with E-state index in [2.05, 4.69) is 15.2 Å². The summed E-state index contributed by atoms with van der Waals surface area (Å²) in [5.41, 5.74) is 0.921. The molecule has 1 fully saturated rings. The average molecular weight is 389 g/mol. The third kappa shape index (κ3) is 3.44. The van der Waals surface area contributed by atoms with Gasteiger partial charge in [0.2, 0.25) is 0 Å². The summed E-state index contributed by atoms with van der Waals surface area (Å²) in [5, 5.41) is 8.10. The first kappa shape index (κ1) is 18.4. The van der Waals surface area contributed by atoms with Gasteiger partial charge >= 0.3 is 6.18 Å². The molecule has 0 aliphatic carbocycles. The van der Waals surface area contributed by atoms with Gasteiger partial charge in [0.15, 0.2) is 5.65 Å². The van der Waals surface area contributed by atoms with Crippen LogP contribution < -0.4 is 0 Å². The summed E-state index contributed by atoms with van der Waals surface area (Å²) in [5.74, 6) is 0.122. The van der Waals surface area contributed by atoms with E-state index in [0.717, 1.165) is 30.8 Å². The van der Waals surface area contributed by atoms with E-state index in [4.69, 9.17) is 0 Å². The van der Waals surface area contributed by atoms with Crippen LogP contribution >= 0.6 is 0 Å². The number of pyridine rings is 2. The van der Waals surface area contributed by atoms with Crippen molar-refractivity contribution in [2.24, 2.45) is 0 Å². The maximum Gasteiger partial charge on any atom is 0.417 e. The zero-order valence-corrected chi connectivity index (χ0v) is 15.1. The SMILES string of the molecule is Cc1ccc(C(=O)N2CCCC(c3nnc4ccc(C(F)(F)F)cn34)C2)cn1. The molecule has 4 heterocycles. The number of halogens is 3. The quantitative estimate of drug-likeness (QED) is 0.673. The number of amides is 1. The van der Waals surface area contributed by atoms with Crippen LogP contribution in [0.1, 0.15) is 46.2 Å². The van der Waals surface area contributed by atoms with Gasteiger partial charge in [0.25, 0.3) is 5.91 Å². The van der Waals surface area contributed by atoms with Crippen LogP contribution in [0.2, 0.25) is 0 Å². The lowest BCUT2D eigenvalue weighted by Crippen LogP contribution is -2.39. The van der Waals surface area contributed by atoms with Crippen molar-refractivity contribution in [1.29, 1.82) is 0 Å². The molecular weight excluding hydrogens is 371 g/mol. The molecule has 0 radical (unpaired) electrons. The summed E-state index contributed by atoms with van der Waals surface area (Å²) in [7, 11) is 0. The van der Waals surface area contributed by atoms with E-state index in [9.17, 15) is 18.0 Å². The highest BCUT2D eigenvalue weighted by atomic mass is 19.4. The first-order valence-corrected chi connectivity index (χ1v) is 8.97. The molecule has 9 heteroatoms. The number of aryl methyl sites for hydroxylation is 1. The fraction of sp³-hybridized carbons (Fsp3) is 0.368. The highest BCUT2D eigenvalue weighted by Crippen LogP contribution is 2.31. The molecule has 0 aromatic carbocycles. The molecule has 1 aliphatic rings. The zero-order chi connectivity index (χ0) is 19.9. The van der Waals surface area contributed by atoms with Crippen LogP contribution in [0.15, 0.2) is 36.7 Å². The van der Waals surface area contributed by atoms with Crippen molar-refractivity contribution >= 4 is 11.6 Å². The summed E-state index contributed by atoms with van der Waals surface area (Å²) in [6.07, 6.45) is -0.405. The minimum atomic E-state index is -4.44. The Morgan fingerprint density at radius 3 is 2.71 bits per heavy atom. The average Bonchev–Trinajstić information content (AvgIpc) is 3.11. The van der Waals surface area contributed by atoms with Gasteiger partial charge in [-0.15, -0.1) is 10.2 Å². The Kier molecular flexibility index (Phi) is 4.52. The van der Waals surface area contributed by atoms with Crippen molar-refractivity contribution in [3.63, 3.8) is 0 Å². The summed E-state index contributed by atoms with van der Waals surface area (Å²) in [6, 6.07) is 5.81. The number of likely N-dealkylation sites (tertiary alicyclic amines) is 1. The van der Waals surface area contributed by atoms with E-state index in [0.29, 0.717) is 30.1 Å². The van der Waals surface area contributed by atoms with Crippen LogP contribution in [0.3, 0.4) is 0 Å². The van der Waals surface area contributed by atoms with Crippen molar-refractivity contribution in [1.82, 2.24) is 24.5 Å². The normalized spacial score (nSPS) is 17.9. The summed E-state index contributed by atoms with van der Waals surface area (Å²) >= 11 is 0. The van der Waals surface area contributed by atoms with Crippen molar-refractivity contribution in [3.8, 4) is 0 Å². The standard InChI is InChI=1S/C19H18F3N5O/c1-12-4-5-13(9-23-12)18(28)26-8-2-3-14(10-26)17-25-24-16-7-6-15(11-27(16)17)19(20,21)22/h4-7,9,11,14H,2-3,8,10H2,1H3. The molecule has 1 aliphatic heterocycles. The van der Waals surface area contributed by atoms with Crippen molar-refractivity contribution in [3.05, 3.63) is 59.3 Å². The van der Waals surface area contributed by atoms with Gasteiger partial charge in [-0.1, -0.05) is 0 Å². The first-order chi connectivity index (χ1) is 13.3. The van der Waals surface area contributed by atoms with Gasteiger partial charge < -0.3 is 4.90 Å². The second-order valence-electron chi connectivity index (χ2n) is 6.98. The number of rotatable bonds is 2. The van der Waals surface area contributed by atoms with Crippen LogP contribution in [0.4, 0.5) is 13.2 Å². The molecule has 1 saturated heterocycles. The van der Waals surface area contributed by atoms with Gasteiger partial charge in [-0.05, 0) is 44.0 Å². The van der Waals surface area contributed by atoms with Crippen LogP contribution in [0.5, 0.6) is 0 Å². The van der Waals surface area contributed by atoms with E-state index in [-0.39, 0.29) is 11.8 Å². The topological polar surface area (TPSA) is 63.4 Å². The number of nitrogens with zero attached hydrogens (tertiary/aromatic N) is 5. The molecule has 3 aromatic rings. The lowest BCUT2D eigenvalue weighted by Gasteiger charge is -2.32. The number of hydrogen-bond donors (Lipinski definition) is 0. The molecule has 1 atom stereocenters. The Labute approximate surface area is 159 Å². The smallest absolute Gasteiger partial charge is 0.338 e. The highest BCUT2D eigenvalue weighted by Gasteiger charge is 2.33. The van der Waals surface area contributed by atoms with E-state index in [1.807, 2.05) is 6.92 Å². The second-order valence-corrected chi connectivity index (χ2v) is 6.98. The maximum atomic E-state index is 13.1. The Morgan fingerprint density at radius 1 is 1.18 bits per heavy atom. The van der Waals surface area contributed by atoms with Crippen LogP contribution in [-0.2, 0) is 6.18 Å². The Bertz CT molecular complexity index is 1010. The third-order valence-corrected chi connectivity index (χ3v) is 4.99. The third-order valence-electron chi connectivity index (χ3n) is 4.99. The number of fused-ring (bicyclic) bond motifs is 1. The van der Waals surface area contributed by atoms with Gasteiger partial charge in [-0.3, -0.25) is 14.2 Å². The number of piperidine rings is 1. The first-order valence-electron chi connectivity index (χ1n) is 8.97. The second kappa shape index (κ2) is 6.88. The van der Waals surface area contributed by atoms with Crippen LogP contribution in [0, 0.1) is 6.92 Å². The molecule has 1 amide bonds. The number of alkyl halides is 3. The fourth-order valence-corrected chi connectivity index (χ4v) is 3.50. The number of carbonyl (C=O) groups excluding carboxylic acids is 1. The van der Waals surface area contributed by atoms with E-state index < -0.39 is 11.7 Å². The Balaban J connectivity index is 1.61. The van der Waals surface area contributed by atoms with Gasteiger partial charge in [-0.2, -0.15) is 13.2 Å². The fourth-order valence-electron chi connectivity index (χ4n) is 3.50. The van der Waals surface area contributed by atoms with Crippen molar-refractivity contribution in [2.75, 3.05) is 13.1 Å². The Hall–Kier alpha value is -2.97. The lowest BCUT2D eigenvalue weighted by atomic mass is 9.96. The zero-order valence-electron chi connectivity index (χ0n) is 15.1. The van der Waals surface area contributed by atoms with Crippen LogP contribution in [0.25, 0.3) is 5.65 Å². The molecule has 146 valence electrons. The molecule has 6 nitrogen and oxygen atoms in total. The van der Waals surface area contributed by atoms with E-state index in [1.54, 1.807) is 23.2 Å². The summed E-state index contributed by atoms with van der Waals surface area (Å²) in [4.78, 5) is 18.6. The lowest BCUT2D eigenvalue weighted by molar-refractivity contribution is -0.137. The predicted octanol–water partition coefficient (Wildman–Crippen LogP) is 3.47.